The van der Waals surface area contributed by atoms with Gasteiger partial charge in [0.25, 0.3) is 0 Å². The molecule has 5 rings (SSSR count). The fourth-order valence-corrected chi connectivity index (χ4v) is 4.73. The zero-order valence-corrected chi connectivity index (χ0v) is 18.8. The van der Waals surface area contributed by atoms with Crippen LogP contribution in [0.15, 0.2) is 77.3 Å². The molecule has 0 aliphatic heterocycles. The molecule has 0 aliphatic carbocycles. The second-order valence-electron chi connectivity index (χ2n) is 8.63. The van der Waals surface area contributed by atoms with Crippen molar-refractivity contribution in [2.45, 2.75) is 26.7 Å². The fraction of sp³-hybridized carbons (Fsp3) is 0.172. The minimum Gasteiger partial charge on any atom is -0.455 e. The minimum atomic E-state index is 0.201. The topological polar surface area (TPSA) is 21.4 Å². The zero-order valence-electron chi connectivity index (χ0n) is 18.8. The molecule has 156 valence electrons. The maximum absolute atomic E-state index is 7.94. The highest BCUT2D eigenvalue weighted by atomic mass is 16.3. The van der Waals surface area contributed by atoms with E-state index in [-0.39, 0.29) is 5.92 Å². The number of pyridine rings is 1. The Morgan fingerprint density at radius 3 is 2.31 bits per heavy atom. The maximum Gasteiger partial charge on any atom is 0.216 e. The Morgan fingerprint density at radius 2 is 1.62 bits per heavy atom. The number of nitrogens with zero attached hydrogens (tertiary/aromatic N) is 2. The average molecular weight is 418 g/mol. The second-order valence-corrected chi connectivity index (χ2v) is 8.63. The summed E-state index contributed by atoms with van der Waals surface area (Å²) in [5, 5.41) is 2.06. The van der Waals surface area contributed by atoms with Gasteiger partial charge in [0.15, 0.2) is 11.9 Å². The third kappa shape index (κ3) is 2.99. The molecule has 3 heteroatoms. The van der Waals surface area contributed by atoms with Gasteiger partial charge < -0.3 is 4.42 Å². The number of aryl methyl sites for hydroxylation is 2. The predicted octanol–water partition coefficient (Wildman–Crippen LogP) is 7.73. The summed E-state index contributed by atoms with van der Waals surface area (Å²) in [6.07, 6.45) is 2.06. The van der Waals surface area contributed by atoms with E-state index in [1.165, 1.54) is 0 Å². The van der Waals surface area contributed by atoms with Crippen LogP contribution in [0.3, 0.4) is 0 Å². The van der Waals surface area contributed by atoms with Crippen LogP contribution in [-0.4, -0.2) is 0 Å². The number of furan rings is 1. The molecule has 0 spiro atoms. The smallest absolute Gasteiger partial charge is 0.216 e. The van der Waals surface area contributed by atoms with Gasteiger partial charge in [-0.3, -0.25) is 0 Å². The van der Waals surface area contributed by atoms with Gasteiger partial charge in [-0.15, -0.1) is 0 Å². The van der Waals surface area contributed by atoms with Crippen molar-refractivity contribution in [2.24, 2.45) is 7.05 Å². The summed E-state index contributed by atoms with van der Waals surface area (Å²) in [4.78, 5) is 3.94. The predicted molar refractivity (Wildman–Crippen MR) is 131 cm³/mol. The zero-order chi connectivity index (χ0) is 22.4. The van der Waals surface area contributed by atoms with Crippen molar-refractivity contribution in [3.05, 3.63) is 95.5 Å². The molecule has 0 unspecified atom stereocenters. The van der Waals surface area contributed by atoms with Crippen LogP contribution >= 0.6 is 0 Å². The molecule has 0 saturated heterocycles. The van der Waals surface area contributed by atoms with Crippen molar-refractivity contribution in [1.29, 1.82) is 0 Å². The lowest BCUT2D eigenvalue weighted by atomic mass is 9.89. The fourth-order valence-electron chi connectivity index (χ4n) is 4.73. The molecule has 0 radical (unpaired) electrons. The van der Waals surface area contributed by atoms with E-state index < -0.39 is 0 Å². The number of hydrogen-bond acceptors (Lipinski definition) is 1. The monoisotopic (exact) mass is 417 g/mol. The molecule has 0 amide bonds. The third-order valence-electron chi connectivity index (χ3n) is 6.23. The molecule has 0 atom stereocenters. The summed E-state index contributed by atoms with van der Waals surface area (Å²) >= 11 is 0. The Hall–Kier alpha value is -3.90. The summed E-state index contributed by atoms with van der Waals surface area (Å²) in [5.74, 6) is 0.201. The molecule has 0 fully saturated rings. The molecule has 5 aromatic rings. The molecule has 32 heavy (non-hydrogen) atoms. The number of rotatable bonds is 3. The van der Waals surface area contributed by atoms with Gasteiger partial charge in [0.05, 0.1) is 12.1 Å². The lowest BCUT2D eigenvalue weighted by Crippen LogP contribution is -2.30. The maximum atomic E-state index is 7.94. The third-order valence-corrected chi connectivity index (χ3v) is 6.23. The van der Waals surface area contributed by atoms with Crippen LogP contribution in [0.5, 0.6) is 0 Å². The van der Waals surface area contributed by atoms with Crippen molar-refractivity contribution in [3.8, 4) is 22.4 Å². The van der Waals surface area contributed by atoms with Crippen LogP contribution in [0, 0.1) is 13.5 Å². The van der Waals surface area contributed by atoms with Crippen LogP contribution in [0.1, 0.15) is 30.9 Å². The van der Waals surface area contributed by atoms with Gasteiger partial charge in [0, 0.05) is 22.9 Å². The summed E-state index contributed by atoms with van der Waals surface area (Å²) in [7, 11) is 2.06. The largest absolute Gasteiger partial charge is 0.455 e. The molecule has 3 nitrogen and oxygen atoms in total. The second kappa shape index (κ2) is 7.66. The molecule has 2 aromatic heterocycles. The number of hydrogen-bond donors (Lipinski definition) is 0. The normalized spacial score (nSPS) is 11.4. The Balaban J connectivity index is 1.96. The quantitative estimate of drug-likeness (QED) is 0.217. The van der Waals surface area contributed by atoms with Gasteiger partial charge >= 0.3 is 0 Å². The van der Waals surface area contributed by atoms with E-state index in [9.17, 15) is 0 Å². The van der Waals surface area contributed by atoms with Crippen molar-refractivity contribution in [2.75, 3.05) is 0 Å². The van der Waals surface area contributed by atoms with E-state index in [2.05, 4.69) is 79.8 Å². The van der Waals surface area contributed by atoms with E-state index in [0.29, 0.717) is 5.69 Å². The Kier molecular flexibility index (Phi) is 4.79. The van der Waals surface area contributed by atoms with E-state index in [4.69, 9.17) is 11.0 Å². The highest BCUT2D eigenvalue weighted by Gasteiger charge is 2.25. The van der Waals surface area contributed by atoms with Crippen LogP contribution in [0.2, 0.25) is 0 Å². The van der Waals surface area contributed by atoms with Crippen LogP contribution in [0.25, 0.3) is 49.2 Å². The summed E-state index contributed by atoms with van der Waals surface area (Å²) in [5.41, 5.74) is 8.92. The first kappa shape index (κ1) is 20.0. The summed E-state index contributed by atoms with van der Waals surface area (Å²) in [6, 6.07) is 22.7. The molecular weight excluding hydrogens is 392 g/mol. The van der Waals surface area contributed by atoms with Crippen molar-refractivity contribution < 1.29 is 8.98 Å². The van der Waals surface area contributed by atoms with Crippen molar-refractivity contribution in [3.63, 3.8) is 0 Å². The Morgan fingerprint density at radius 1 is 0.875 bits per heavy atom. The van der Waals surface area contributed by atoms with Gasteiger partial charge in [-0.25, -0.2) is 9.41 Å². The molecule has 2 heterocycles. The van der Waals surface area contributed by atoms with Gasteiger partial charge in [-0.05, 0) is 47.2 Å². The highest BCUT2D eigenvalue weighted by Crippen LogP contribution is 2.47. The minimum absolute atomic E-state index is 0.201. The Labute approximate surface area is 188 Å². The highest BCUT2D eigenvalue weighted by molar-refractivity contribution is 6.13. The van der Waals surface area contributed by atoms with E-state index in [1.807, 2.05) is 30.3 Å². The summed E-state index contributed by atoms with van der Waals surface area (Å²) < 4.78 is 8.83. The number of aromatic nitrogens is 1. The van der Waals surface area contributed by atoms with Crippen LogP contribution < -0.4 is 4.57 Å². The first-order chi connectivity index (χ1) is 15.5. The molecule has 0 aliphatic rings. The van der Waals surface area contributed by atoms with Crippen molar-refractivity contribution >= 4 is 27.6 Å². The number of fused-ring (bicyclic) bond motifs is 3. The standard InChI is InChI=1S/C29H25N2O/c1-18(2)25-27(20-11-7-6-8-12-20)23(30-4)17-22-21-15-14-19(3)26(28(21)32-29(22)25)24-13-9-10-16-31(24)5/h6-18H,1-3,5H3/q+1. The molecule has 0 bridgehead atoms. The lowest BCUT2D eigenvalue weighted by Gasteiger charge is -2.16. The van der Waals surface area contributed by atoms with Gasteiger partial charge in [-0.2, -0.15) is 0 Å². The lowest BCUT2D eigenvalue weighted by molar-refractivity contribution is -0.660. The van der Waals surface area contributed by atoms with Crippen molar-refractivity contribution in [1.82, 2.24) is 0 Å². The van der Waals surface area contributed by atoms with Gasteiger partial charge in [0.2, 0.25) is 5.69 Å². The van der Waals surface area contributed by atoms with E-state index in [1.54, 1.807) is 0 Å². The molecular formula is C29H25N2O+. The summed E-state index contributed by atoms with van der Waals surface area (Å²) in [6.45, 7) is 14.4. The molecule has 0 saturated carbocycles. The van der Waals surface area contributed by atoms with Crippen LogP contribution in [-0.2, 0) is 7.05 Å². The molecule has 0 N–H and O–H groups in total. The van der Waals surface area contributed by atoms with Gasteiger partial charge in [-0.1, -0.05) is 56.3 Å². The van der Waals surface area contributed by atoms with E-state index >= 15 is 0 Å². The molecule has 3 aromatic carbocycles. The first-order valence-corrected chi connectivity index (χ1v) is 10.9. The first-order valence-electron chi connectivity index (χ1n) is 10.9. The van der Waals surface area contributed by atoms with Gasteiger partial charge in [0.1, 0.15) is 18.2 Å². The average Bonchev–Trinajstić information content (AvgIpc) is 3.16. The SMILES string of the molecule is [C-]#[N+]c1cc2c(oc3c(-c4cccc[n+]4C)c(C)ccc32)c(C(C)C)c1-c1ccccc1. The number of benzene rings is 3. The van der Waals surface area contributed by atoms with E-state index in [0.717, 1.165) is 55.4 Å². The van der Waals surface area contributed by atoms with Crippen LogP contribution in [0.4, 0.5) is 5.69 Å². The Bertz CT molecular complexity index is 1520.